The SMILES string of the molecule is CN=C/C=C\C(=C/I)C(=O)O. The van der Waals surface area contributed by atoms with Crippen LogP contribution in [0.3, 0.4) is 0 Å². The van der Waals surface area contributed by atoms with Crippen molar-refractivity contribution in [2.24, 2.45) is 4.99 Å². The first kappa shape index (κ1) is 10.3. The van der Waals surface area contributed by atoms with Crippen LogP contribution in [0.5, 0.6) is 0 Å². The van der Waals surface area contributed by atoms with Crippen LogP contribution in [0.1, 0.15) is 0 Å². The van der Waals surface area contributed by atoms with Gasteiger partial charge in [-0.2, -0.15) is 0 Å². The molecule has 0 fully saturated rings. The van der Waals surface area contributed by atoms with E-state index in [2.05, 4.69) is 4.99 Å². The number of carboxylic acids is 1. The summed E-state index contributed by atoms with van der Waals surface area (Å²) in [5, 5.41) is 8.50. The number of carbonyl (C=O) groups is 1. The van der Waals surface area contributed by atoms with Crippen molar-refractivity contribution in [3.63, 3.8) is 0 Å². The number of aliphatic imine (C=N–C) groups is 1. The maximum Gasteiger partial charge on any atom is 0.336 e. The van der Waals surface area contributed by atoms with Gasteiger partial charge in [0, 0.05) is 13.3 Å². The molecule has 0 aliphatic carbocycles. The maximum atomic E-state index is 10.4. The Labute approximate surface area is 78.7 Å². The monoisotopic (exact) mass is 265 g/mol. The summed E-state index contributed by atoms with van der Waals surface area (Å²) in [4.78, 5) is 14.0. The second kappa shape index (κ2) is 6.09. The molecule has 0 aromatic carbocycles. The number of hydrogen-bond donors (Lipinski definition) is 1. The lowest BCUT2D eigenvalue weighted by atomic mass is 10.3. The number of allylic oxidation sites excluding steroid dienone is 1. The first-order valence-electron chi connectivity index (χ1n) is 2.85. The highest BCUT2D eigenvalue weighted by Crippen LogP contribution is 2.00. The first-order valence-corrected chi connectivity index (χ1v) is 4.09. The van der Waals surface area contributed by atoms with Gasteiger partial charge in [-0.3, -0.25) is 4.99 Å². The van der Waals surface area contributed by atoms with Gasteiger partial charge >= 0.3 is 5.97 Å². The molecule has 0 bridgehead atoms. The third kappa shape index (κ3) is 4.72. The van der Waals surface area contributed by atoms with Crippen LogP contribution in [0.15, 0.2) is 26.8 Å². The van der Waals surface area contributed by atoms with Gasteiger partial charge in [0.2, 0.25) is 0 Å². The molecule has 0 saturated carbocycles. The van der Waals surface area contributed by atoms with Crippen LogP contribution in [0.2, 0.25) is 0 Å². The van der Waals surface area contributed by atoms with E-state index < -0.39 is 5.97 Å². The Morgan fingerprint density at radius 2 is 2.27 bits per heavy atom. The van der Waals surface area contributed by atoms with Crippen molar-refractivity contribution < 1.29 is 9.90 Å². The van der Waals surface area contributed by atoms with E-state index in [4.69, 9.17) is 5.11 Å². The fourth-order valence-electron chi connectivity index (χ4n) is 0.387. The summed E-state index contributed by atoms with van der Waals surface area (Å²) < 4.78 is 1.50. The average Bonchev–Trinajstić information content (AvgIpc) is 1.97. The Morgan fingerprint density at radius 1 is 1.64 bits per heavy atom. The van der Waals surface area contributed by atoms with Gasteiger partial charge in [0.1, 0.15) is 0 Å². The smallest absolute Gasteiger partial charge is 0.336 e. The summed E-state index contributed by atoms with van der Waals surface area (Å²) >= 11 is 1.88. The Hall–Kier alpha value is -0.650. The molecule has 0 heterocycles. The van der Waals surface area contributed by atoms with Crippen molar-refractivity contribution in [2.45, 2.75) is 0 Å². The predicted octanol–water partition coefficient (Wildman–Crippen LogP) is 1.65. The number of hydrogen-bond acceptors (Lipinski definition) is 2. The Kier molecular flexibility index (Phi) is 5.73. The minimum absolute atomic E-state index is 0.255. The highest BCUT2D eigenvalue weighted by Gasteiger charge is 1.99. The summed E-state index contributed by atoms with van der Waals surface area (Å²) in [6.07, 6.45) is 4.60. The van der Waals surface area contributed by atoms with Gasteiger partial charge in [0.05, 0.1) is 5.57 Å². The molecule has 3 nitrogen and oxygen atoms in total. The molecular weight excluding hydrogens is 257 g/mol. The number of carboxylic acid groups (broad SMARTS) is 1. The van der Waals surface area contributed by atoms with Crippen molar-refractivity contribution in [1.29, 1.82) is 0 Å². The quantitative estimate of drug-likeness (QED) is 0.365. The first-order chi connectivity index (χ1) is 5.22. The lowest BCUT2D eigenvalue weighted by molar-refractivity contribution is -0.132. The molecule has 0 atom stereocenters. The zero-order valence-electron chi connectivity index (χ0n) is 5.99. The zero-order valence-corrected chi connectivity index (χ0v) is 8.15. The number of halogens is 1. The van der Waals surface area contributed by atoms with Crippen molar-refractivity contribution in [3.8, 4) is 0 Å². The molecule has 0 aliphatic rings. The molecule has 0 aliphatic heterocycles. The Morgan fingerprint density at radius 3 is 2.64 bits per heavy atom. The lowest BCUT2D eigenvalue weighted by Crippen LogP contribution is -1.95. The predicted molar refractivity (Wildman–Crippen MR) is 53.3 cm³/mol. The van der Waals surface area contributed by atoms with Crippen molar-refractivity contribution in [1.82, 2.24) is 0 Å². The second-order valence-corrected chi connectivity index (χ2v) is 2.26. The molecule has 0 unspecified atom stereocenters. The van der Waals surface area contributed by atoms with Gasteiger partial charge in [-0.25, -0.2) is 4.79 Å². The molecule has 0 aromatic rings. The van der Waals surface area contributed by atoms with E-state index in [1.165, 1.54) is 16.4 Å². The van der Waals surface area contributed by atoms with Crippen molar-refractivity contribution >= 4 is 34.8 Å². The third-order valence-corrected chi connectivity index (χ3v) is 1.55. The zero-order chi connectivity index (χ0) is 8.69. The molecule has 4 heteroatoms. The van der Waals surface area contributed by atoms with E-state index in [-0.39, 0.29) is 5.57 Å². The van der Waals surface area contributed by atoms with Crippen LogP contribution in [0, 0.1) is 0 Å². The number of rotatable bonds is 3. The Bertz CT molecular complexity index is 218. The van der Waals surface area contributed by atoms with E-state index in [1.807, 2.05) is 22.6 Å². The molecule has 11 heavy (non-hydrogen) atoms. The molecule has 1 N–H and O–H groups in total. The van der Waals surface area contributed by atoms with Crippen LogP contribution in [-0.4, -0.2) is 24.3 Å². The van der Waals surface area contributed by atoms with Crippen molar-refractivity contribution in [2.75, 3.05) is 7.05 Å². The minimum Gasteiger partial charge on any atom is -0.478 e. The second-order valence-electron chi connectivity index (χ2n) is 1.64. The average molecular weight is 265 g/mol. The summed E-state index contributed by atoms with van der Waals surface area (Å²) in [6, 6.07) is 0. The molecule has 0 aromatic heterocycles. The van der Waals surface area contributed by atoms with E-state index >= 15 is 0 Å². The third-order valence-electron chi connectivity index (χ3n) is 0.875. The normalized spacial score (nSPS) is 13.1. The molecule has 0 spiro atoms. The summed E-state index contributed by atoms with van der Waals surface area (Å²) in [5.74, 6) is -0.930. The lowest BCUT2D eigenvalue weighted by Gasteiger charge is -1.87. The van der Waals surface area contributed by atoms with Gasteiger partial charge < -0.3 is 5.11 Å². The highest BCUT2D eigenvalue weighted by molar-refractivity contribution is 14.1. The van der Waals surface area contributed by atoms with Gasteiger partial charge in [-0.05, 0) is 16.2 Å². The van der Waals surface area contributed by atoms with Crippen LogP contribution < -0.4 is 0 Å². The molecular formula is C7H8INO2. The standard InChI is InChI=1S/C7H8INO2/c1-9-4-2-3-6(5-8)7(10)11/h2-5H,1H3,(H,10,11)/b3-2-,6-5+,9-4?. The van der Waals surface area contributed by atoms with E-state index in [9.17, 15) is 4.79 Å². The van der Waals surface area contributed by atoms with Crippen LogP contribution in [0.4, 0.5) is 0 Å². The van der Waals surface area contributed by atoms with Crippen LogP contribution in [-0.2, 0) is 4.79 Å². The number of aliphatic carboxylic acids is 1. The summed E-state index contributed by atoms with van der Waals surface area (Å²) in [7, 11) is 1.62. The molecule has 0 rings (SSSR count). The topological polar surface area (TPSA) is 49.7 Å². The van der Waals surface area contributed by atoms with Crippen molar-refractivity contribution in [3.05, 3.63) is 21.8 Å². The van der Waals surface area contributed by atoms with Gasteiger partial charge in [-0.1, -0.05) is 22.6 Å². The largest absolute Gasteiger partial charge is 0.478 e. The number of nitrogens with zero attached hydrogens (tertiary/aromatic N) is 1. The highest BCUT2D eigenvalue weighted by atomic mass is 127. The van der Waals surface area contributed by atoms with Gasteiger partial charge in [-0.15, -0.1) is 0 Å². The van der Waals surface area contributed by atoms with Gasteiger partial charge in [0.25, 0.3) is 0 Å². The van der Waals surface area contributed by atoms with Crippen LogP contribution >= 0.6 is 22.6 Å². The summed E-state index contributed by atoms with van der Waals surface area (Å²) in [6.45, 7) is 0. The minimum atomic E-state index is -0.930. The Balaban J connectivity index is 4.22. The van der Waals surface area contributed by atoms with E-state index in [1.54, 1.807) is 13.1 Å². The fraction of sp³-hybridized carbons (Fsp3) is 0.143. The fourth-order valence-corrected chi connectivity index (χ4v) is 0.861. The molecule has 0 radical (unpaired) electrons. The maximum absolute atomic E-state index is 10.4. The van der Waals surface area contributed by atoms with Crippen LogP contribution in [0.25, 0.3) is 0 Å². The molecule has 0 amide bonds. The molecule has 0 saturated heterocycles. The summed E-state index contributed by atoms with van der Waals surface area (Å²) in [5.41, 5.74) is 0.255. The van der Waals surface area contributed by atoms with E-state index in [0.29, 0.717) is 0 Å². The van der Waals surface area contributed by atoms with Gasteiger partial charge in [0.15, 0.2) is 0 Å². The molecule has 60 valence electrons. The van der Waals surface area contributed by atoms with E-state index in [0.717, 1.165) is 0 Å².